The van der Waals surface area contributed by atoms with E-state index < -0.39 is 0 Å². The van der Waals surface area contributed by atoms with E-state index in [0.717, 1.165) is 17.1 Å². The van der Waals surface area contributed by atoms with E-state index in [-0.39, 0.29) is 11.7 Å². The number of nitrogens with one attached hydrogen (secondary N) is 1. The van der Waals surface area contributed by atoms with Gasteiger partial charge < -0.3 is 10.2 Å². The van der Waals surface area contributed by atoms with E-state index in [1.165, 1.54) is 11.8 Å². The van der Waals surface area contributed by atoms with Gasteiger partial charge in [0.15, 0.2) is 11.0 Å². The highest BCUT2D eigenvalue weighted by Gasteiger charge is 2.16. The fraction of sp³-hybridized carbons (Fsp3) is 0.190. The van der Waals surface area contributed by atoms with Crippen molar-refractivity contribution in [2.45, 2.75) is 11.7 Å². The van der Waals surface area contributed by atoms with E-state index in [2.05, 4.69) is 22.1 Å². The lowest BCUT2D eigenvalue weighted by Crippen LogP contribution is -2.15. The molecule has 0 spiro atoms. The number of thioether (sulfide) groups is 1. The Hall–Kier alpha value is -2.48. The Morgan fingerprint density at radius 3 is 2.73 bits per heavy atom. The highest BCUT2D eigenvalue weighted by molar-refractivity contribution is 7.99. The molecule has 0 bridgehead atoms. The van der Waals surface area contributed by atoms with Crippen LogP contribution in [0.3, 0.4) is 0 Å². The minimum atomic E-state index is -0.200. The maximum Gasteiger partial charge on any atom is 0.234 e. The summed E-state index contributed by atoms with van der Waals surface area (Å²) in [4.78, 5) is 14.4. The van der Waals surface area contributed by atoms with Crippen LogP contribution in [0.1, 0.15) is 0 Å². The number of carbonyl (C=O) groups is 1. The topological polar surface area (TPSA) is 63.1 Å². The molecule has 30 heavy (non-hydrogen) atoms. The van der Waals surface area contributed by atoms with Crippen molar-refractivity contribution in [1.29, 1.82) is 0 Å². The van der Waals surface area contributed by atoms with Crippen LogP contribution in [-0.2, 0) is 11.3 Å². The third-order valence-corrected chi connectivity index (χ3v) is 5.70. The first kappa shape index (κ1) is 22.2. The van der Waals surface area contributed by atoms with E-state index in [9.17, 15) is 4.79 Å². The van der Waals surface area contributed by atoms with Gasteiger partial charge in [0.1, 0.15) is 0 Å². The first-order valence-corrected chi connectivity index (χ1v) is 10.8. The Bertz CT molecular complexity index is 1070. The summed E-state index contributed by atoms with van der Waals surface area (Å²) in [5, 5.41) is 13.0. The van der Waals surface area contributed by atoms with Gasteiger partial charge in [0, 0.05) is 36.9 Å². The molecule has 6 nitrogen and oxygen atoms in total. The van der Waals surface area contributed by atoms with Crippen LogP contribution in [0.2, 0.25) is 10.0 Å². The van der Waals surface area contributed by atoms with Crippen LogP contribution in [0.25, 0.3) is 11.4 Å². The van der Waals surface area contributed by atoms with Crippen LogP contribution in [0.4, 0.5) is 11.4 Å². The van der Waals surface area contributed by atoms with E-state index in [1.54, 1.807) is 24.3 Å². The summed E-state index contributed by atoms with van der Waals surface area (Å²) < 4.78 is 1.94. The molecule has 3 rings (SSSR count). The van der Waals surface area contributed by atoms with Crippen molar-refractivity contribution in [3.8, 4) is 11.4 Å². The van der Waals surface area contributed by atoms with Crippen molar-refractivity contribution in [1.82, 2.24) is 14.8 Å². The number of amides is 1. The fourth-order valence-corrected chi connectivity index (χ4v) is 3.94. The molecule has 0 aliphatic carbocycles. The Kier molecular flexibility index (Phi) is 7.42. The van der Waals surface area contributed by atoms with Crippen LogP contribution < -0.4 is 10.2 Å². The first-order valence-electron chi connectivity index (χ1n) is 9.08. The van der Waals surface area contributed by atoms with Gasteiger partial charge in [-0.05, 0) is 30.3 Å². The molecule has 0 radical (unpaired) electrons. The standard InChI is InChI=1S/C21H21Cl2N5OS/c1-4-10-28-20(14-6-5-7-16(11-14)27(2)3)25-26-21(28)30-13-19(29)24-18-9-8-15(22)12-17(18)23/h4-9,11-12H,1,10,13H2,2-3H3,(H,24,29). The Balaban J connectivity index is 1.76. The molecule has 0 atom stereocenters. The smallest absolute Gasteiger partial charge is 0.234 e. The molecule has 0 fully saturated rings. The highest BCUT2D eigenvalue weighted by atomic mass is 35.5. The average molecular weight is 462 g/mol. The number of rotatable bonds is 8. The van der Waals surface area contributed by atoms with Crippen LogP contribution in [-0.4, -0.2) is 40.5 Å². The van der Waals surface area contributed by atoms with E-state index in [1.807, 2.05) is 47.8 Å². The molecule has 1 heterocycles. The monoisotopic (exact) mass is 461 g/mol. The predicted octanol–water partition coefficient (Wildman–Crippen LogP) is 5.23. The van der Waals surface area contributed by atoms with Gasteiger partial charge in [-0.15, -0.1) is 16.8 Å². The van der Waals surface area contributed by atoms with Crippen LogP contribution in [0.5, 0.6) is 0 Å². The molecule has 2 aromatic carbocycles. The zero-order valence-electron chi connectivity index (χ0n) is 16.6. The first-order chi connectivity index (χ1) is 14.4. The van der Waals surface area contributed by atoms with Crippen molar-refractivity contribution in [2.24, 2.45) is 0 Å². The van der Waals surface area contributed by atoms with Gasteiger partial charge in [-0.1, -0.05) is 53.2 Å². The molecular formula is C21H21Cl2N5OS. The van der Waals surface area contributed by atoms with E-state index in [0.29, 0.717) is 27.4 Å². The number of aromatic nitrogens is 3. The van der Waals surface area contributed by atoms with Gasteiger partial charge in [0.2, 0.25) is 5.91 Å². The minimum Gasteiger partial charge on any atom is -0.378 e. The summed E-state index contributed by atoms with van der Waals surface area (Å²) in [6.45, 7) is 4.36. The second-order valence-electron chi connectivity index (χ2n) is 6.61. The van der Waals surface area contributed by atoms with Crippen molar-refractivity contribution in [3.05, 3.63) is 65.2 Å². The molecule has 0 aliphatic rings. The Morgan fingerprint density at radius 2 is 2.03 bits per heavy atom. The summed E-state index contributed by atoms with van der Waals surface area (Å²) in [5.41, 5.74) is 2.52. The summed E-state index contributed by atoms with van der Waals surface area (Å²) in [7, 11) is 3.97. The molecular weight excluding hydrogens is 441 g/mol. The van der Waals surface area contributed by atoms with Crippen molar-refractivity contribution in [3.63, 3.8) is 0 Å². The second-order valence-corrected chi connectivity index (χ2v) is 8.40. The average Bonchev–Trinajstić information content (AvgIpc) is 3.11. The lowest BCUT2D eigenvalue weighted by Gasteiger charge is -2.14. The Labute approximate surface area is 189 Å². The molecule has 1 amide bonds. The number of nitrogens with zero attached hydrogens (tertiary/aromatic N) is 4. The lowest BCUT2D eigenvalue weighted by atomic mass is 10.2. The van der Waals surface area contributed by atoms with Crippen molar-refractivity contribution in [2.75, 3.05) is 30.1 Å². The molecule has 1 N–H and O–H groups in total. The van der Waals surface area contributed by atoms with Gasteiger partial charge in [-0.25, -0.2) is 0 Å². The normalized spacial score (nSPS) is 10.7. The number of hydrogen-bond donors (Lipinski definition) is 1. The molecule has 3 aromatic rings. The second kappa shape index (κ2) is 10.0. The molecule has 1 aromatic heterocycles. The number of hydrogen-bond acceptors (Lipinski definition) is 5. The number of anilines is 2. The third-order valence-electron chi connectivity index (χ3n) is 4.19. The largest absolute Gasteiger partial charge is 0.378 e. The highest BCUT2D eigenvalue weighted by Crippen LogP contribution is 2.28. The van der Waals surface area contributed by atoms with Gasteiger partial charge in [-0.3, -0.25) is 9.36 Å². The molecule has 9 heteroatoms. The molecule has 0 saturated heterocycles. The summed E-state index contributed by atoms with van der Waals surface area (Å²) in [5.74, 6) is 0.683. The maximum absolute atomic E-state index is 12.4. The van der Waals surface area contributed by atoms with Crippen LogP contribution in [0.15, 0.2) is 60.3 Å². The van der Waals surface area contributed by atoms with E-state index in [4.69, 9.17) is 23.2 Å². The number of carbonyl (C=O) groups excluding carboxylic acids is 1. The number of benzene rings is 2. The quantitative estimate of drug-likeness (QED) is 0.367. The van der Waals surface area contributed by atoms with Gasteiger partial charge in [-0.2, -0.15) is 0 Å². The van der Waals surface area contributed by atoms with Crippen molar-refractivity contribution >= 4 is 52.2 Å². The third kappa shape index (κ3) is 5.36. The van der Waals surface area contributed by atoms with Gasteiger partial charge in [0.25, 0.3) is 0 Å². The Morgan fingerprint density at radius 1 is 1.23 bits per heavy atom. The van der Waals surface area contributed by atoms with Crippen LogP contribution >= 0.6 is 35.0 Å². The predicted molar refractivity (Wildman–Crippen MR) is 126 cm³/mol. The summed E-state index contributed by atoms with van der Waals surface area (Å²) in [6.07, 6.45) is 1.78. The maximum atomic E-state index is 12.4. The zero-order chi connectivity index (χ0) is 21.7. The summed E-state index contributed by atoms with van der Waals surface area (Å²) >= 11 is 13.3. The fourth-order valence-electron chi connectivity index (χ4n) is 2.73. The number of allylic oxidation sites excluding steroid dienone is 1. The van der Waals surface area contributed by atoms with Crippen LogP contribution in [0, 0.1) is 0 Å². The van der Waals surface area contributed by atoms with Crippen molar-refractivity contribution < 1.29 is 4.79 Å². The zero-order valence-corrected chi connectivity index (χ0v) is 18.9. The SMILES string of the molecule is C=CCn1c(SCC(=O)Nc2ccc(Cl)cc2Cl)nnc1-c1cccc(N(C)C)c1. The molecule has 0 saturated carbocycles. The molecule has 0 aliphatic heterocycles. The van der Waals surface area contributed by atoms with Gasteiger partial charge >= 0.3 is 0 Å². The lowest BCUT2D eigenvalue weighted by molar-refractivity contribution is -0.113. The minimum absolute atomic E-state index is 0.159. The number of halogens is 2. The van der Waals surface area contributed by atoms with E-state index >= 15 is 0 Å². The molecule has 0 unspecified atom stereocenters. The summed E-state index contributed by atoms with van der Waals surface area (Å²) in [6, 6.07) is 13.0. The van der Waals surface area contributed by atoms with Gasteiger partial charge in [0.05, 0.1) is 16.5 Å². The molecule has 156 valence electrons.